The quantitative estimate of drug-likeness (QED) is 0.488. The molecule has 0 aliphatic rings. The minimum Gasteiger partial charge on any atom is -0.462 e. The SMILES string of the molecule is CCOC(=O)c1cnn(-c2ccc(NC(=O)c3ccccc3F)cc2)c1C(F)(F)F. The number of hydrogen-bond acceptors (Lipinski definition) is 4. The molecule has 1 N–H and O–H groups in total. The van der Waals surface area contributed by atoms with E-state index in [-0.39, 0.29) is 23.5 Å². The first-order valence-electron chi connectivity index (χ1n) is 8.71. The van der Waals surface area contributed by atoms with Crippen LogP contribution in [0.15, 0.2) is 54.7 Å². The van der Waals surface area contributed by atoms with Gasteiger partial charge in [-0.3, -0.25) is 4.79 Å². The maximum absolute atomic E-state index is 13.7. The van der Waals surface area contributed by atoms with Crippen LogP contribution in [0.4, 0.5) is 23.2 Å². The molecule has 1 heterocycles. The summed E-state index contributed by atoms with van der Waals surface area (Å²) in [5, 5.41) is 6.12. The number of nitrogens with one attached hydrogen (secondary N) is 1. The average molecular weight is 421 g/mol. The number of hydrogen-bond donors (Lipinski definition) is 1. The molecule has 30 heavy (non-hydrogen) atoms. The Hall–Kier alpha value is -3.69. The second kappa shape index (κ2) is 8.36. The zero-order valence-electron chi connectivity index (χ0n) is 15.5. The number of nitrogens with zero attached hydrogens (tertiary/aromatic N) is 2. The number of carbonyl (C=O) groups excluding carboxylic acids is 2. The molecule has 2 aromatic carbocycles. The van der Waals surface area contributed by atoms with E-state index < -0.39 is 35.1 Å². The number of halogens is 4. The summed E-state index contributed by atoms with van der Waals surface area (Å²) in [7, 11) is 0. The first-order chi connectivity index (χ1) is 14.2. The maximum Gasteiger partial charge on any atom is 0.434 e. The average Bonchev–Trinajstić information content (AvgIpc) is 3.15. The van der Waals surface area contributed by atoms with E-state index >= 15 is 0 Å². The van der Waals surface area contributed by atoms with E-state index in [0.29, 0.717) is 4.68 Å². The minimum absolute atomic E-state index is 0.00163. The van der Waals surface area contributed by atoms with E-state index in [0.717, 1.165) is 12.3 Å². The van der Waals surface area contributed by atoms with Crippen molar-refractivity contribution in [2.45, 2.75) is 13.1 Å². The van der Waals surface area contributed by atoms with Crippen LogP contribution >= 0.6 is 0 Å². The second-order valence-electron chi connectivity index (χ2n) is 6.02. The Balaban J connectivity index is 1.89. The number of aromatic nitrogens is 2. The first-order valence-corrected chi connectivity index (χ1v) is 8.71. The summed E-state index contributed by atoms with van der Waals surface area (Å²) in [6.45, 7) is 1.39. The Labute approximate surface area is 168 Å². The van der Waals surface area contributed by atoms with E-state index in [4.69, 9.17) is 0 Å². The molecule has 0 atom stereocenters. The largest absolute Gasteiger partial charge is 0.462 e. The highest BCUT2D eigenvalue weighted by Crippen LogP contribution is 2.34. The van der Waals surface area contributed by atoms with E-state index in [2.05, 4.69) is 15.2 Å². The molecule has 6 nitrogen and oxygen atoms in total. The van der Waals surface area contributed by atoms with Crippen LogP contribution in [0.2, 0.25) is 0 Å². The van der Waals surface area contributed by atoms with Gasteiger partial charge >= 0.3 is 12.1 Å². The van der Waals surface area contributed by atoms with Crippen LogP contribution in [-0.4, -0.2) is 28.3 Å². The molecule has 0 bridgehead atoms. The fraction of sp³-hybridized carbons (Fsp3) is 0.150. The second-order valence-corrected chi connectivity index (χ2v) is 6.02. The number of carbonyl (C=O) groups is 2. The minimum atomic E-state index is -4.86. The zero-order chi connectivity index (χ0) is 21.9. The molecule has 0 aliphatic carbocycles. The van der Waals surface area contributed by atoms with Crippen LogP contribution in [0.5, 0.6) is 0 Å². The Bertz CT molecular complexity index is 1080. The molecule has 0 spiro atoms. The third-order valence-electron chi connectivity index (χ3n) is 4.02. The van der Waals surface area contributed by atoms with Crippen molar-refractivity contribution >= 4 is 17.6 Å². The summed E-state index contributed by atoms with van der Waals surface area (Å²) < 4.78 is 59.5. The van der Waals surface area contributed by atoms with Gasteiger partial charge in [-0.2, -0.15) is 18.3 Å². The van der Waals surface area contributed by atoms with Gasteiger partial charge in [0.15, 0.2) is 5.69 Å². The van der Waals surface area contributed by atoms with Crippen molar-refractivity contribution in [3.63, 3.8) is 0 Å². The molecular weight excluding hydrogens is 406 g/mol. The van der Waals surface area contributed by atoms with Crippen LogP contribution < -0.4 is 5.32 Å². The smallest absolute Gasteiger partial charge is 0.434 e. The van der Waals surface area contributed by atoms with Crippen molar-refractivity contribution in [1.29, 1.82) is 0 Å². The molecule has 3 aromatic rings. The fourth-order valence-corrected chi connectivity index (χ4v) is 2.70. The Kier molecular flexibility index (Phi) is 5.86. The van der Waals surface area contributed by atoms with E-state index in [1.165, 1.54) is 49.4 Å². The van der Waals surface area contributed by atoms with Crippen LogP contribution in [0.1, 0.15) is 33.3 Å². The van der Waals surface area contributed by atoms with Crippen LogP contribution in [-0.2, 0) is 10.9 Å². The van der Waals surface area contributed by atoms with E-state index in [1.807, 2.05) is 0 Å². The zero-order valence-corrected chi connectivity index (χ0v) is 15.5. The van der Waals surface area contributed by atoms with Gasteiger partial charge in [-0.05, 0) is 43.3 Å². The number of amides is 1. The van der Waals surface area contributed by atoms with Gasteiger partial charge in [0, 0.05) is 5.69 Å². The van der Waals surface area contributed by atoms with Gasteiger partial charge in [0.1, 0.15) is 11.4 Å². The Morgan fingerprint density at radius 1 is 1.07 bits per heavy atom. The van der Waals surface area contributed by atoms with Gasteiger partial charge in [-0.25, -0.2) is 13.9 Å². The molecule has 0 saturated heterocycles. The molecule has 1 amide bonds. The van der Waals surface area contributed by atoms with Crippen molar-refractivity contribution in [2.24, 2.45) is 0 Å². The highest BCUT2D eigenvalue weighted by Gasteiger charge is 2.41. The highest BCUT2D eigenvalue weighted by atomic mass is 19.4. The lowest BCUT2D eigenvalue weighted by Gasteiger charge is -2.13. The lowest BCUT2D eigenvalue weighted by Crippen LogP contribution is -2.18. The topological polar surface area (TPSA) is 73.2 Å². The lowest BCUT2D eigenvalue weighted by atomic mass is 10.2. The predicted octanol–water partition coefficient (Wildman–Crippen LogP) is 4.46. The molecule has 0 fully saturated rings. The van der Waals surface area contributed by atoms with E-state index in [9.17, 15) is 27.2 Å². The van der Waals surface area contributed by atoms with Crippen molar-refractivity contribution in [3.05, 3.63) is 77.4 Å². The summed E-state index contributed by atoms with van der Waals surface area (Å²) in [5.74, 6) is -2.55. The first kappa shape index (κ1) is 21.0. The molecule has 0 radical (unpaired) electrons. The van der Waals surface area contributed by atoms with Crippen LogP contribution in [0, 0.1) is 5.82 Å². The number of esters is 1. The normalized spacial score (nSPS) is 11.2. The fourth-order valence-electron chi connectivity index (χ4n) is 2.70. The van der Waals surface area contributed by atoms with Gasteiger partial charge in [0.25, 0.3) is 5.91 Å². The maximum atomic E-state index is 13.7. The van der Waals surface area contributed by atoms with Crippen molar-refractivity contribution in [3.8, 4) is 5.69 Å². The molecule has 10 heteroatoms. The van der Waals surface area contributed by atoms with Gasteiger partial charge in [0.2, 0.25) is 0 Å². The highest BCUT2D eigenvalue weighted by molar-refractivity contribution is 6.04. The summed E-state index contributed by atoms with van der Waals surface area (Å²) in [5.41, 5.74) is -1.92. The molecule has 1 aromatic heterocycles. The Morgan fingerprint density at radius 3 is 2.33 bits per heavy atom. The summed E-state index contributed by atoms with van der Waals surface area (Å²) in [6, 6.07) is 10.6. The number of anilines is 1. The number of alkyl halides is 3. The number of ether oxygens (including phenoxy) is 1. The molecule has 156 valence electrons. The van der Waals surface area contributed by atoms with Gasteiger partial charge in [0.05, 0.1) is 24.1 Å². The number of benzene rings is 2. The molecular formula is C20H15F4N3O3. The van der Waals surface area contributed by atoms with E-state index in [1.54, 1.807) is 0 Å². The van der Waals surface area contributed by atoms with Crippen molar-refractivity contribution < 1.29 is 31.9 Å². The summed E-state index contributed by atoms with van der Waals surface area (Å²) in [4.78, 5) is 24.0. The van der Waals surface area contributed by atoms with Gasteiger partial charge in [-0.1, -0.05) is 12.1 Å². The van der Waals surface area contributed by atoms with Gasteiger partial charge in [-0.15, -0.1) is 0 Å². The predicted molar refractivity (Wildman–Crippen MR) is 98.9 cm³/mol. The van der Waals surface area contributed by atoms with Crippen LogP contribution in [0.25, 0.3) is 5.69 Å². The van der Waals surface area contributed by atoms with Crippen molar-refractivity contribution in [1.82, 2.24) is 9.78 Å². The molecule has 0 saturated carbocycles. The lowest BCUT2D eigenvalue weighted by molar-refractivity contribution is -0.143. The van der Waals surface area contributed by atoms with Crippen LogP contribution in [0.3, 0.4) is 0 Å². The van der Waals surface area contributed by atoms with Gasteiger partial charge < -0.3 is 10.1 Å². The Morgan fingerprint density at radius 2 is 1.73 bits per heavy atom. The third kappa shape index (κ3) is 4.32. The number of rotatable bonds is 5. The summed E-state index contributed by atoms with van der Waals surface area (Å²) in [6.07, 6.45) is -4.08. The standard InChI is InChI=1S/C20H15F4N3O3/c1-2-30-19(29)15-11-25-27(17(15)20(22,23)24)13-9-7-12(8-10-13)26-18(28)14-5-3-4-6-16(14)21/h3-11H,2H2,1H3,(H,26,28). The summed E-state index contributed by atoms with van der Waals surface area (Å²) >= 11 is 0. The monoisotopic (exact) mass is 421 g/mol. The third-order valence-corrected chi connectivity index (χ3v) is 4.02. The molecule has 0 unspecified atom stereocenters. The molecule has 0 aliphatic heterocycles. The molecule has 3 rings (SSSR count). The van der Waals surface area contributed by atoms with Crippen molar-refractivity contribution in [2.75, 3.05) is 11.9 Å².